The first-order chi connectivity index (χ1) is 6.34. The second-order valence-corrected chi connectivity index (χ2v) is 4.47. The van der Waals surface area contributed by atoms with Crippen molar-refractivity contribution in [1.82, 2.24) is 4.90 Å². The van der Waals surface area contributed by atoms with E-state index >= 15 is 0 Å². The lowest BCUT2D eigenvalue weighted by atomic mass is 10.1. The molecule has 0 bridgehead atoms. The molecule has 0 aromatic heterocycles. The summed E-state index contributed by atoms with van der Waals surface area (Å²) >= 11 is 0. The SMILES string of the molecule is CC(C)CC(=O)N(C)CC(=O)C(C)C. The first-order valence-corrected chi connectivity index (χ1v) is 5.11. The van der Waals surface area contributed by atoms with Gasteiger partial charge in [0, 0.05) is 19.4 Å². The van der Waals surface area contributed by atoms with Crippen molar-refractivity contribution in [2.24, 2.45) is 11.8 Å². The summed E-state index contributed by atoms with van der Waals surface area (Å²) in [6, 6.07) is 0. The number of rotatable bonds is 5. The molecule has 82 valence electrons. The van der Waals surface area contributed by atoms with E-state index in [-0.39, 0.29) is 24.2 Å². The van der Waals surface area contributed by atoms with E-state index in [1.54, 1.807) is 7.05 Å². The minimum absolute atomic E-state index is 0.00398. The molecule has 3 nitrogen and oxygen atoms in total. The quantitative estimate of drug-likeness (QED) is 0.676. The number of carbonyl (C=O) groups excluding carboxylic acids is 2. The van der Waals surface area contributed by atoms with Crippen molar-refractivity contribution < 1.29 is 9.59 Å². The number of Topliss-reactive ketones (excluding diaryl/α,β-unsaturated/α-hetero) is 1. The molecule has 0 saturated heterocycles. The van der Waals surface area contributed by atoms with Crippen LogP contribution in [0.2, 0.25) is 0 Å². The maximum absolute atomic E-state index is 11.5. The lowest BCUT2D eigenvalue weighted by Gasteiger charge is -2.18. The Balaban J connectivity index is 4.01. The number of carbonyl (C=O) groups is 2. The highest BCUT2D eigenvalue weighted by molar-refractivity contribution is 5.87. The van der Waals surface area contributed by atoms with Crippen LogP contribution >= 0.6 is 0 Å². The van der Waals surface area contributed by atoms with Gasteiger partial charge >= 0.3 is 0 Å². The van der Waals surface area contributed by atoms with Crippen LogP contribution in [0.1, 0.15) is 34.1 Å². The molecule has 0 radical (unpaired) electrons. The number of hydrogen-bond donors (Lipinski definition) is 0. The zero-order valence-corrected chi connectivity index (χ0v) is 9.83. The van der Waals surface area contributed by atoms with E-state index in [9.17, 15) is 9.59 Å². The summed E-state index contributed by atoms with van der Waals surface area (Å²) in [6.45, 7) is 7.93. The molecule has 0 fully saturated rings. The predicted molar refractivity (Wildman–Crippen MR) is 56.9 cm³/mol. The molecule has 0 spiro atoms. The van der Waals surface area contributed by atoms with Crippen LogP contribution in [0.3, 0.4) is 0 Å². The summed E-state index contributed by atoms with van der Waals surface area (Å²) in [6.07, 6.45) is 0.516. The highest BCUT2D eigenvalue weighted by Gasteiger charge is 2.15. The highest BCUT2D eigenvalue weighted by Crippen LogP contribution is 2.04. The molecular formula is C11H21NO2. The molecule has 3 heteroatoms. The van der Waals surface area contributed by atoms with Crippen LogP contribution in [0.5, 0.6) is 0 Å². The summed E-state index contributed by atoms with van der Waals surface area (Å²) in [5, 5.41) is 0. The maximum Gasteiger partial charge on any atom is 0.222 e. The molecular weight excluding hydrogens is 178 g/mol. The Hall–Kier alpha value is -0.860. The van der Waals surface area contributed by atoms with Gasteiger partial charge in [-0.05, 0) is 5.92 Å². The lowest BCUT2D eigenvalue weighted by molar-refractivity contribution is -0.135. The summed E-state index contributed by atoms with van der Waals surface area (Å²) in [4.78, 5) is 24.4. The maximum atomic E-state index is 11.5. The third kappa shape index (κ3) is 5.00. The van der Waals surface area contributed by atoms with E-state index in [0.29, 0.717) is 12.3 Å². The molecule has 0 aliphatic rings. The summed E-state index contributed by atoms with van der Waals surface area (Å²) < 4.78 is 0. The number of amides is 1. The van der Waals surface area contributed by atoms with E-state index in [1.807, 2.05) is 27.7 Å². The van der Waals surface area contributed by atoms with Gasteiger partial charge in [0.25, 0.3) is 0 Å². The van der Waals surface area contributed by atoms with Crippen molar-refractivity contribution in [2.45, 2.75) is 34.1 Å². The number of likely N-dealkylation sites (N-methyl/N-ethyl adjacent to an activating group) is 1. The molecule has 0 aliphatic carbocycles. The first-order valence-electron chi connectivity index (χ1n) is 5.11. The third-order valence-electron chi connectivity index (χ3n) is 2.05. The van der Waals surface area contributed by atoms with Gasteiger partial charge in [-0.15, -0.1) is 0 Å². The fourth-order valence-corrected chi connectivity index (χ4v) is 1.01. The molecule has 0 N–H and O–H groups in total. The predicted octanol–water partition coefficient (Wildman–Crippen LogP) is 1.72. The summed E-state index contributed by atoms with van der Waals surface area (Å²) in [7, 11) is 1.69. The highest BCUT2D eigenvalue weighted by atomic mass is 16.2. The van der Waals surface area contributed by atoms with Gasteiger partial charge < -0.3 is 4.90 Å². The second-order valence-electron chi connectivity index (χ2n) is 4.47. The van der Waals surface area contributed by atoms with Crippen LogP contribution in [0, 0.1) is 11.8 Å². The van der Waals surface area contributed by atoms with Gasteiger partial charge in [-0.2, -0.15) is 0 Å². The van der Waals surface area contributed by atoms with Crippen molar-refractivity contribution in [3.8, 4) is 0 Å². The molecule has 0 saturated carbocycles. The average Bonchev–Trinajstić information content (AvgIpc) is 2.02. The van der Waals surface area contributed by atoms with Crippen LogP contribution in [0.15, 0.2) is 0 Å². The Kier molecular flexibility index (Phi) is 5.43. The minimum atomic E-state index is 0.00398. The van der Waals surface area contributed by atoms with Gasteiger partial charge in [0.2, 0.25) is 5.91 Å². The number of nitrogens with zero attached hydrogens (tertiary/aromatic N) is 1. The molecule has 0 rings (SSSR count). The van der Waals surface area contributed by atoms with Crippen molar-refractivity contribution >= 4 is 11.7 Å². The topological polar surface area (TPSA) is 37.4 Å². The normalized spacial score (nSPS) is 10.8. The standard InChI is InChI=1S/C11H21NO2/c1-8(2)6-11(14)12(5)7-10(13)9(3)4/h8-9H,6-7H2,1-5H3. The van der Waals surface area contributed by atoms with Crippen LogP contribution in [0.4, 0.5) is 0 Å². The van der Waals surface area contributed by atoms with Crippen LogP contribution in [0.25, 0.3) is 0 Å². The van der Waals surface area contributed by atoms with Crippen molar-refractivity contribution in [1.29, 1.82) is 0 Å². The molecule has 0 atom stereocenters. The zero-order valence-electron chi connectivity index (χ0n) is 9.83. The van der Waals surface area contributed by atoms with E-state index in [0.717, 1.165) is 0 Å². The lowest BCUT2D eigenvalue weighted by Crippen LogP contribution is -2.34. The average molecular weight is 199 g/mol. The largest absolute Gasteiger partial charge is 0.338 e. The molecule has 0 aromatic carbocycles. The Morgan fingerprint density at radius 1 is 1.14 bits per heavy atom. The van der Waals surface area contributed by atoms with E-state index < -0.39 is 0 Å². The molecule has 0 aliphatic heterocycles. The summed E-state index contributed by atoms with van der Waals surface area (Å²) in [5.74, 6) is 0.516. The molecule has 0 aromatic rings. The van der Waals surface area contributed by atoms with Gasteiger partial charge in [-0.1, -0.05) is 27.7 Å². The second kappa shape index (κ2) is 5.78. The molecule has 1 amide bonds. The van der Waals surface area contributed by atoms with Gasteiger partial charge in [-0.25, -0.2) is 0 Å². The zero-order chi connectivity index (χ0) is 11.3. The monoisotopic (exact) mass is 199 g/mol. The van der Waals surface area contributed by atoms with Crippen molar-refractivity contribution in [3.63, 3.8) is 0 Å². The van der Waals surface area contributed by atoms with E-state index in [2.05, 4.69) is 0 Å². The molecule has 0 heterocycles. The van der Waals surface area contributed by atoms with Crippen molar-refractivity contribution in [2.75, 3.05) is 13.6 Å². The fourth-order valence-electron chi connectivity index (χ4n) is 1.01. The van der Waals surface area contributed by atoms with E-state index in [1.165, 1.54) is 4.90 Å². The number of hydrogen-bond acceptors (Lipinski definition) is 2. The van der Waals surface area contributed by atoms with Crippen LogP contribution < -0.4 is 0 Å². The Labute approximate surface area is 86.5 Å². The van der Waals surface area contributed by atoms with E-state index in [4.69, 9.17) is 0 Å². The van der Waals surface area contributed by atoms with Gasteiger partial charge in [-0.3, -0.25) is 9.59 Å². The number of ketones is 1. The molecule has 0 unspecified atom stereocenters. The Morgan fingerprint density at radius 2 is 1.64 bits per heavy atom. The molecule has 14 heavy (non-hydrogen) atoms. The van der Waals surface area contributed by atoms with Crippen molar-refractivity contribution in [3.05, 3.63) is 0 Å². The Bertz CT molecular complexity index is 209. The smallest absolute Gasteiger partial charge is 0.222 e. The minimum Gasteiger partial charge on any atom is -0.338 e. The van der Waals surface area contributed by atoms with Gasteiger partial charge in [0.05, 0.1) is 6.54 Å². The third-order valence-corrected chi connectivity index (χ3v) is 2.05. The fraction of sp³-hybridized carbons (Fsp3) is 0.818. The first kappa shape index (κ1) is 13.1. The van der Waals surface area contributed by atoms with Gasteiger partial charge in [0.15, 0.2) is 5.78 Å². The van der Waals surface area contributed by atoms with Gasteiger partial charge in [0.1, 0.15) is 0 Å². The summed E-state index contributed by atoms with van der Waals surface area (Å²) in [5.41, 5.74) is 0. The Morgan fingerprint density at radius 3 is 2.00 bits per heavy atom. The van der Waals surface area contributed by atoms with Crippen LogP contribution in [-0.2, 0) is 9.59 Å². The van der Waals surface area contributed by atoms with Crippen LogP contribution in [-0.4, -0.2) is 30.2 Å².